The van der Waals surface area contributed by atoms with E-state index in [-0.39, 0.29) is 12.1 Å². The number of hydrogen-bond donors (Lipinski definition) is 1. The van der Waals surface area contributed by atoms with Gasteiger partial charge in [-0.15, -0.1) is 0 Å². The molecule has 1 aliphatic rings. The van der Waals surface area contributed by atoms with E-state index in [1.807, 2.05) is 47.4 Å². The first-order valence-electron chi connectivity index (χ1n) is 10.3. The molecule has 1 N–H and O–H groups in total. The first-order valence-corrected chi connectivity index (χ1v) is 11.1. The van der Waals surface area contributed by atoms with Gasteiger partial charge in [-0.3, -0.25) is 0 Å². The van der Waals surface area contributed by atoms with Gasteiger partial charge >= 0.3 is 6.03 Å². The largest absolute Gasteiger partial charge is 0.323 e. The minimum Gasteiger partial charge on any atom is -0.318 e. The molecule has 4 nitrogen and oxygen atoms in total. The highest BCUT2D eigenvalue weighted by Gasteiger charge is 2.33. The molecular formula is C26H22BrN3O. The van der Waals surface area contributed by atoms with Crippen LogP contribution in [0.2, 0.25) is 0 Å². The normalized spacial score (nSPS) is 15.0. The highest BCUT2D eigenvalue weighted by Crippen LogP contribution is 2.37. The summed E-state index contributed by atoms with van der Waals surface area (Å²) < 4.78 is 3.06. The fourth-order valence-corrected chi connectivity index (χ4v) is 4.66. The van der Waals surface area contributed by atoms with Crippen molar-refractivity contribution in [2.75, 3.05) is 5.32 Å². The number of benzene rings is 3. The van der Waals surface area contributed by atoms with Gasteiger partial charge in [0.1, 0.15) is 0 Å². The molecule has 0 bridgehead atoms. The molecule has 0 saturated carbocycles. The molecule has 0 saturated heterocycles. The summed E-state index contributed by atoms with van der Waals surface area (Å²) in [7, 11) is 0. The third-order valence-corrected chi connectivity index (χ3v) is 6.39. The number of aryl methyl sites for hydroxylation is 1. The monoisotopic (exact) mass is 471 g/mol. The molecule has 5 rings (SSSR count). The molecule has 2 heterocycles. The number of nitrogens with one attached hydrogen (secondary N) is 1. The Hall–Kier alpha value is -3.31. The molecule has 0 radical (unpaired) electrons. The van der Waals surface area contributed by atoms with E-state index in [0.717, 1.165) is 32.7 Å². The number of fused-ring (bicyclic) bond motifs is 3. The van der Waals surface area contributed by atoms with Crippen molar-refractivity contribution in [1.82, 2.24) is 9.47 Å². The van der Waals surface area contributed by atoms with E-state index in [9.17, 15) is 4.79 Å². The van der Waals surface area contributed by atoms with Crippen LogP contribution in [0, 0.1) is 6.92 Å². The van der Waals surface area contributed by atoms with Crippen LogP contribution in [-0.2, 0) is 6.54 Å². The lowest BCUT2D eigenvalue weighted by molar-refractivity contribution is 0.194. The average molecular weight is 472 g/mol. The van der Waals surface area contributed by atoms with Crippen molar-refractivity contribution in [3.63, 3.8) is 0 Å². The number of rotatable bonds is 2. The Labute approximate surface area is 190 Å². The van der Waals surface area contributed by atoms with E-state index in [1.165, 1.54) is 5.56 Å². The standard InChI is InChI=1S/C26H22BrN3O/c1-18-8-6-10-19(16-18)25-24-14-7-15-29(24)23-13-5-2-9-20(23)17-30(25)26(31)28-22-12-4-3-11-21(22)27/h2-16,25H,17H2,1H3,(H,28,31)/t25-/m0/s1. The number of halogens is 1. The molecule has 0 spiro atoms. The van der Waals surface area contributed by atoms with E-state index in [2.05, 4.69) is 81.4 Å². The number of carbonyl (C=O) groups excluding carboxylic acids is 1. The molecule has 2 amide bonds. The van der Waals surface area contributed by atoms with Gasteiger partial charge in [-0.1, -0.05) is 60.2 Å². The summed E-state index contributed by atoms with van der Waals surface area (Å²) in [4.78, 5) is 15.6. The zero-order valence-corrected chi connectivity index (χ0v) is 18.7. The minimum absolute atomic E-state index is 0.136. The maximum Gasteiger partial charge on any atom is 0.323 e. The zero-order valence-electron chi connectivity index (χ0n) is 17.1. The third-order valence-electron chi connectivity index (χ3n) is 5.70. The SMILES string of the molecule is Cc1cccc([C@H]2c3cccn3-c3ccccc3CN2C(=O)Nc2ccccc2Br)c1. The van der Waals surface area contributed by atoms with Gasteiger partial charge in [0, 0.05) is 16.4 Å². The van der Waals surface area contributed by atoms with Crippen LogP contribution < -0.4 is 5.32 Å². The maximum atomic E-state index is 13.7. The van der Waals surface area contributed by atoms with Crippen molar-refractivity contribution in [2.24, 2.45) is 0 Å². The first-order chi connectivity index (χ1) is 15.1. The van der Waals surface area contributed by atoms with Gasteiger partial charge in [0.25, 0.3) is 0 Å². The molecular weight excluding hydrogens is 450 g/mol. The van der Waals surface area contributed by atoms with E-state index in [0.29, 0.717) is 6.54 Å². The predicted octanol–water partition coefficient (Wildman–Crippen LogP) is 6.69. The highest BCUT2D eigenvalue weighted by atomic mass is 79.9. The number of anilines is 1. The van der Waals surface area contributed by atoms with Gasteiger partial charge in [-0.05, 0) is 64.3 Å². The Kier molecular flexibility index (Phi) is 5.12. The molecule has 0 unspecified atom stereocenters. The molecule has 154 valence electrons. The summed E-state index contributed by atoms with van der Waals surface area (Å²) in [6.07, 6.45) is 2.08. The van der Waals surface area contributed by atoms with Crippen molar-refractivity contribution in [1.29, 1.82) is 0 Å². The van der Waals surface area contributed by atoms with E-state index < -0.39 is 0 Å². The molecule has 4 aromatic rings. The molecule has 3 aromatic carbocycles. The molecule has 5 heteroatoms. The van der Waals surface area contributed by atoms with Crippen LogP contribution >= 0.6 is 15.9 Å². The number of para-hydroxylation sites is 2. The molecule has 1 atom stereocenters. The van der Waals surface area contributed by atoms with Crippen LogP contribution in [0.3, 0.4) is 0 Å². The second kappa shape index (κ2) is 8.08. The van der Waals surface area contributed by atoms with Crippen LogP contribution in [-0.4, -0.2) is 15.5 Å². The molecule has 1 aliphatic heterocycles. The Morgan fingerprint density at radius 3 is 2.61 bits per heavy atom. The third kappa shape index (κ3) is 3.66. The zero-order chi connectivity index (χ0) is 21.4. The van der Waals surface area contributed by atoms with E-state index in [4.69, 9.17) is 0 Å². The van der Waals surface area contributed by atoms with Crippen LogP contribution in [0.4, 0.5) is 10.5 Å². The predicted molar refractivity (Wildman–Crippen MR) is 127 cm³/mol. The summed E-state index contributed by atoms with van der Waals surface area (Å²) in [6, 6.07) is 28.2. The summed E-state index contributed by atoms with van der Waals surface area (Å²) >= 11 is 3.54. The lowest BCUT2D eigenvalue weighted by Gasteiger charge is -2.31. The Morgan fingerprint density at radius 2 is 1.77 bits per heavy atom. The van der Waals surface area contributed by atoms with Crippen LogP contribution in [0.25, 0.3) is 5.69 Å². The summed E-state index contributed by atoms with van der Waals surface area (Å²) in [5.74, 6) is 0. The van der Waals surface area contributed by atoms with Crippen LogP contribution in [0.15, 0.2) is 95.6 Å². The van der Waals surface area contributed by atoms with E-state index in [1.54, 1.807) is 0 Å². The highest BCUT2D eigenvalue weighted by molar-refractivity contribution is 9.10. The molecule has 31 heavy (non-hydrogen) atoms. The number of hydrogen-bond acceptors (Lipinski definition) is 1. The number of nitrogens with zero attached hydrogens (tertiary/aromatic N) is 2. The maximum absolute atomic E-state index is 13.7. The second-order valence-electron chi connectivity index (χ2n) is 7.79. The Morgan fingerprint density at radius 1 is 0.968 bits per heavy atom. The topological polar surface area (TPSA) is 37.3 Å². The first kappa shape index (κ1) is 19.6. The smallest absolute Gasteiger partial charge is 0.318 e. The fraction of sp³-hybridized carbons (Fsp3) is 0.115. The Balaban J connectivity index is 1.65. The average Bonchev–Trinajstić information content (AvgIpc) is 3.19. The van der Waals surface area contributed by atoms with Gasteiger partial charge < -0.3 is 14.8 Å². The van der Waals surface area contributed by atoms with Gasteiger partial charge in [0.15, 0.2) is 0 Å². The van der Waals surface area contributed by atoms with Gasteiger partial charge in [-0.2, -0.15) is 0 Å². The lowest BCUT2D eigenvalue weighted by atomic mass is 10.00. The molecule has 0 fully saturated rings. The summed E-state index contributed by atoms with van der Waals surface area (Å²) in [6.45, 7) is 2.59. The van der Waals surface area contributed by atoms with Crippen molar-refractivity contribution in [3.05, 3.63) is 118 Å². The fourth-order valence-electron chi connectivity index (χ4n) is 4.28. The lowest BCUT2D eigenvalue weighted by Crippen LogP contribution is -2.38. The molecule has 0 aliphatic carbocycles. The van der Waals surface area contributed by atoms with Gasteiger partial charge in [0.2, 0.25) is 0 Å². The Bertz CT molecular complexity index is 1260. The summed E-state index contributed by atoms with van der Waals surface area (Å²) in [5.41, 5.74) is 6.30. The van der Waals surface area contributed by atoms with E-state index >= 15 is 0 Å². The number of carbonyl (C=O) groups is 1. The summed E-state index contributed by atoms with van der Waals surface area (Å²) in [5, 5.41) is 3.11. The van der Waals surface area contributed by atoms with Gasteiger partial charge in [0.05, 0.1) is 24.0 Å². The van der Waals surface area contributed by atoms with Crippen LogP contribution in [0.5, 0.6) is 0 Å². The second-order valence-corrected chi connectivity index (χ2v) is 8.64. The quantitative estimate of drug-likeness (QED) is 0.347. The van der Waals surface area contributed by atoms with Crippen LogP contribution in [0.1, 0.15) is 28.4 Å². The number of urea groups is 1. The van der Waals surface area contributed by atoms with Crippen molar-refractivity contribution < 1.29 is 4.79 Å². The number of amides is 2. The van der Waals surface area contributed by atoms with Crippen molar-refractivity contribution in [3.8, 4) is 5.69 Å². The van der Waals surface area contributed by atoms with Crippen molar-refractivity contribution in [2.45, 2.75) is 19.5 Å². The van der Waals surface area contributed by atoms with Crippen molar-refractivity contribution >= 4 is 27.6 Å². The number of aromatic nitrogens is 1. The van der Waals surface area contributed by atoms with Gasteiger partial charge in [-0.25, -0.2) is 4.79 Å². The molecule has 1 aromatic heterocycles. The minimum atomic E-state index is -0.218.